The van der Waals surface area contributed by atoms with E-state index < -0.39 is 6.04 Å². The Hall–Kier alpha value is -4.06. The summed E-state index contributed by atoms with van der Waals surface area (Å²) in [6.45, 7) is 7.16. The first kappa shape index (κ1) is 23.7. The third kappa shape index (κ3) is 4.24. The number of ether oxygens (including phenoxy) is 2. The lowest BCUT2D eigenvalue weighted by Crippen LogP contribution is -2.29. The minimum atomic E-state index is -0.628. The first-order valence-electron chi connectivity index (χ1n) is 12.4. The second-order valence-electron chi connectivity index (χ2n) is 8.95. The van der Waals surface area contributed by atoms with Gasteiger partial charge in [-0.3, -0.25) is 14.5 Å². The molecule has 184 valence electrons. The highest BCUT2D eigenvalue weighted by Crippen LogP contribution is 2.42. The molecule has 36 heavy (non-hydrogen) atoms. The van der Waals surface area contributed by atoms with Crippen molar-refractivity contribution >= 4 is 22.6 Å². The van der Waals surface area contributed by atoms with Crippen molar-refractivity contribution in [3.05, 3.63) is 99.4 Å². The van der Waals surface area contributed by atoms with Gasteiger partial charge in [0.15, 0.2) is 5.43 Å². The van der Waals surface area contributed by atoms with Crippen LogP contribution in [0, 0.1) is 6.92 Å². The monoisotopic (exact) mass is 483 g/mol. The quantitative estimate of drug-likeness (QED) is 0.270. The summed E-state index contributed by atoms with van der Waals surface area (Å²) in [6.07, 6.45) is 2.03. The molecule has 6 heteroatoms. The molecule has 2 heterocycles. The predicted molar refractivity (Wildman–Crippen MR) is 140 cm³/mol. The van der Waals surface area contributed by atoms with Crippen LogP contribution in [0.5, 0.6) is 11.5 Å². The smallest absolute Gasteiger partial charge is 0.295 e. The van der Waals surface area contributed by atoms with E-state index in [1.54, 1.807) is 11.0 Å². The first-order chi connectivity index (χ1) is 17.5. The van der Waals surface area contributed by atoms with Gasteiger partial charge in [0.05, 0.1) is 30.2 Å². The van der Waals surface area contributed by atoms with Crippen molar-refractivity contribution in [1.29, 1.82) is 0 Å². The molecule has 0 radical (unpaired) electrons. The minimum absolute atomic E-state index is 0.0820. The molecule has 0 saturated carbocycles. The van der Waals surface area contributed by atoms with Crippen molar-refractivity contribution in [2.75, 3.05) is 18.1 Å². The molecule has 5 rings (SSSR count). The van der Waals surface area contributed by atoms with Crippen LogP contribution in [0.2, 0.25) is 0 Å². The summed E-state index contributed by atoms with van der Waals surface area (Å²) in [5, 5.41) is 0.472. The van der Waals surface area contributed by atoms with Crippen LogP contribution in [-0.2, 0) is 0 Å². The van der Waals surface area contributed by atoms with E-state index >= 15 is 0 Å². The molecule has 0 aliphatic carbocycles. The third-order valence-corrected chi connectivity index (χ3v) is 6.41. The van der Waals surface area contributed by atoms with Crippen molar-refractivity contribution < 1.29 is 18.7 Å². The van der Waals surface area contributed by atoms with Crippen LogP contribution >= 0.6 is 0 Å². The molecular weight excluding hydrogens is 454 g/mol. The molecule has 1 aliphatic rings. The Balaban J connectivity index is 1.64. The number of fused-ring (bicyclic) bond motifs is 2. The van der Waals surface area contributed by atoms with Gasteiger partial charge in [0.25, 0.3) is 5.91 Å². The highest BCUT2D eigenvalue weighted by atomic mass is 16.5. The number of unbranched alkanes of at least 4 members (excludes halogenated alkanes) is 1. The van der Waals surface area contributed by atoms with E-state index in [2.05, 4.69) is 6.92 Å². The summed E-state index contributed by atoms with van der Waals surface area (Å²) in [7, 11) is 0. The summed E-state index contributed by atoms with van der Waals surface area (Å²) in [6, 6.07) is 19.7. The molecule has 1 amide bonds. The van der Waals surface area contributed by atoms with Crippen LogP contribution in [-0.4, -0.2) is 19.1 Å². The molecular formula is C30H29NO5. The molecule has 1 unspecified atom stereocenters. The van der Waals surface area contributed by atoms with Gasteiger partial charge in [-0.05, 0) is 74.4 Å². The van der Waals surface area contributed by atoms with Gasteiger partial charge < -0.3 is 13.9 Å². The summed E-state index contributed by atoms with van der Waals surface area (Å²) in [4.78, 5) is 29.1. The largest absolute Gasteiger partial charge is 0.494 e. The number of carbonyl (C=O) groups excluding carboxylic acids is 1. The lowest BCUT2D eigenvalue weighted by Gasteiger charge is -2.25. The van der Waals surface area contributed by atoms with E-state index in [9.17, 15) is 9.59 Å². The Morgan fingerprint density at radius 3 is 2.28 bits per heavy atom. The number of hydrogen-bond donors (Lipinski definition) is 0. The average molecular weight is 484 g/mol. The molecule has 1 aliphatic heterocycles. The molecule has 0 spiro atoms. The van der Waals surface area contributed by atoms with Gasteiger partial charge >= 0.3 is 0 Å². The van der Waals surface area contributed by atoms with Gasteiger partial charge in [-0.25, -0.2) is 0 Å². The second kappa shape index (κ2) is 9.90. The lowest BCUT2D eigenvalue weighted by atomic mass is 9.97. The zero-order valence-corrected chi connectivity index (χ0v) is 20.7. The lowest BCUT2D eigenvalue weighted by molar-refractivity contribution is 0.0971. The Kier molecular flexibility index (Phi) is 6.51. The zero-order chi connectivity index (χ0) is 25.2. The fourth-order valence-corrected chi connectivity index (χ4v) is 4.62. The van der Waals surface area contributed by atoms with Gasteiger partial charge in [0.1, 0.15) is 17.1 Å². The normalized spacial score (nSPS) is 14.8. The van der Waals surface area contributed by atoms with Crippen LogP contribution in [0.25, 0.3) is 11.0 Å². The molecule has 4 aromatic rings. The van der Waals surface area contributed by atoms with E-state index in [4.69, 9.17) is 13.9 Å². The summed E-state index contributed by atoms with van der Waals surface area (Å²) >= 11 is 0. The zero-order valence-electron chi connectivity index (χ0n) is 20.7. The van der Waals surface area contributed by atoms with Crippen molar-refractivity contribution in [3.8, 4) is 11.5 Å². The molecule has 3 aromatic carbocycles. The van der Waals surface area contributed by atoms with Crippen LogP contribution in [0.15, 0.2) is 75.9 Å². The van der Waals surface area contributed by atoms with Gasteiger partial charge in [0.2, 0.25) is 5.76 Å². The van der Waals surface area contributed by atoms with E-state index in [1.165, 1.54) is 0 Å². The molecule has 0 saturated heterocycles. The standard InChI is InChI=1S/C30H29NO5/c1-4-6-17-35-23-12-8-20(9-13-23)27-26-28(32)24-18-19(3)7-16-25(24)36-29(26)30(33)31(27)21-10-14-22(15-11-21)34-5-2/h7-16,18,27H,4-6,17H2,1-3H3. The van der Waals surface area contributed by atoms with E-state index in [0.717, 1.165) is 29.7 Å². The van der Waals surface area contributed by atoms with Crippen molar-refractivity contribution in [3.63, 3.8) is 0 Å². The molecule has 1 aromatic heterocycles. The van der Waals surface area contributed by atoms with Crippen molar-refractivity contribution in [1.82, 2.24) is 0 Å². The van der Waals surface area contributed by atoms with Gasteiger partial charge in [0, 0.05) is 5.69 Å². The topological polar surface area (TPSA) is 69.0 Å². The first-order valence-corrected chi connectivity index (χ1v) is 12.4. The number of amides is 1. The maximum absolute atomic E-state index is 13.8. The number of rotatable bonds is 8. The molecule has 6 nitrogen and oxygen atoms in total. The number of nitrogens with zero attached hydrogens (tertiary/aromatic N) is 1. The fourth-order valence-electron chi connectivity index (χ4n) is 4.62. The Labute approximate surface area is 210 Å². The van der Waals surface area contributed by atoms with Crippen LogP contribution in [0.4, 0.5) is 5.69 Å². The van der Waals surface area contributed by atoms with Gasteiger partial charge in [-0.15, -0.1) is 0 Å². The number of carbonyl (C=O) groups is 1. The number of anilines is 1. The van der Waals surface area contributed by atoms with Gasteiger partial charge in [-0.1, -0.05) is 37.1 Å². The summed E-state index contributed by atoms with van der Waals surface area (Å²) < 4.78 is 17.5. The van der Waals surface area contributed by atoms with Gasteiger partial charge in [-0.2, -0.15) is 0 Å². The number of hydrogen-bond acceptors (Lipinski definition) is 5. The van der Waals surface area contributed by atoms with Crippen molar-refractivity contribution in [2.24, 2.45) is 0 Å². The number of aryl methyl sites for hydroxylation is 1. The highest BCUT2D eigenvalue weighted by Gasteiger charge is 2.43. The second-order valence-corrected chi connectivity index (χ2v) is 8.95. The molecule has 0 fully saturated rings. The number of benzene rings is 3. The molecule has 0 N–H and O–H groups in total. The van der Waals surface area contributed by atoms with E-state index in [0.29, 0.717) is 41.2 Å². The Bertz CT molecular complexity index is 1450. The maximum atomic E-state index is 13.8. The Morgan fingerprint density at radius 1 is 0.889 bits per heavy atom. The van der Waals surface area contributed by atoms with Crippen LogP contribution in [0.3, 0.4) is 0 Å². The molecule has 1 atom stereocenters. The van der Waals surface area contributed by atoms with Crippen LogP contribution in [0.1, 0.15) is 60.0 Å². The fraction of sp³-hybridized carbons (Fsp3) is 0.267. The summed E-state index contributed by atoms with van der Waals surface area (Å²) in [5.41, 5.74) is 2.98. The minimum Gasteiger partial charge on any atom is -0.494 e. The molecule has 0 bridgehead atoms. The predicted octanol–water partition coefficient (Wildman–Crippen LogP) is 6.43. The van der Waals surface area contributed by atoms with Crippen molar-refractivity contribution in [2.45, 2.75) is 39.7 Å². The Morgan fingerprint density at radius 2 is 1.58 bits per heavy atom. The SMILES string of the molecule is CCCCOc1ccc(C2c3c(oc4ccc(C)cc4c3=O)C(=O)N2c2ccc(OCC)cc2)cc1. The van der Waals surface area contributed by atoms with E-state index in [-0.39, 0.29) is 17.1 Å². The van der Waals surface area contributed by atoms with Crippen LogP contribution < -0.4 is 19.8 Å². The highest BCUT2D eigenvalue weighted by molar-refractivity contribution is 6.10. The third-order valence-electron chi connectivity index (χ3n) is 6.41. The van der Waals surface area contributed by atoms with E-state index in [1.807, 2.05) is 74.5 Å². The summed E-state index contributed by atoms with van der Waals surface area (Å²) in [5.74, 6) is 1.21. The maximum Gasteiger partial charge on any atom is 0.295 e. The average Bonchev–Trinajstić information content (AvgIpc) is 3.18.